The predicted molar refractivity (Wildman–Crippen MR) is 195 cm³/mol. The SMILES string of the molecule is Cc1ccc2c(c1)C1(c3ccccc3-2)c2ccccc2-c2ccc(N(c3ccc(Br)cc3)c3ccc(-c4ccccc4)cc3)cc21. The number of fused-ring (bicyclic) bond motifs is 10. The molecule has 1 unspecified atom stereocenters. The number of halogens is 1. The molecular formula is C44H30BrN. The molecule has 2 aliphatic carbocycles. The lowest BCUT2D eigenvalue weighted by Gasteiger charge is -2.32. The van der Waals surface area contributed by atoms with Crippen molar-refractivity contribution >= 4 is 33.0 Å². The van der Waals surface area contributed by atoms with Crippen molar-refractivity contribution in [1.82, 2.24) is 0 Å². The second kappa shape index (κ2) is 10.4. The van der Waals surface area contributed by atoms with E-state index < -0.39 is 0 Å². The van der Waals surface area contributed by atoms with Crippen molar-refractivity contribution in [1.29, 1.82) is 0 Å². The molecule has 0 fully saturated rings. The molecule has 9 rings (SSSR count). The smallest absolute Gasteiger partial charge is 0.0726 e. The normalized spacial score (nSPS) is 15.3. The first-order valence-corrected chi connectivity index (χ1v) is 16.6. The van der Waals surface area contributed by atoms with Crippen LogP contribution >= 0.6 is 15.9 Å². The van der Waals surface area contributed by atoms with Crippen molar-refractivity contribution < 1.29 is 0 Å². The Morgan fingerprint density at radius 1 is 0.413 bits per heavy atom. The molecular weight excluding hydrogens is 622 g/mol. The zero-order valence-corrected chi connectivity index (χ0v) is 27.0. The first-order chi connectivity index (χ1) is 22.6. The van der Waals surface area contributed by atoms with Crippen LogP contribution in [-0.4, -0.2) is 0 Å². The van der Waals surface area contributed by atoms with Gasteiger partial charge in [0.05, 0.1) is 5.41 Å². The van der Waals surface area contributed by atoms with Crippen LogP contribution in [0, 0.1) is 6.92 Å². The van der Waals surface area contributed by atoms with Crippen molar-refractivity contribution in [2.24, 2.45) is 0 Å². The molecule has 1 spiro atoms. The number of benzene rings is 7. The lowest BCUT2D eigenvalue weighted by atomic mass is 9.70. The minimum absolute atomic E-state index is 0.386. The molecule has 0 N–H and O–H groups in total. The molecule has 0 bridgehead atoms. The molecule has 2 heteroatoms. The lowest BCUT2D eigenvalue weighted by molar-refractivity contribution is 0.792. The van der Waals surface area contributed by atoms with Crippen molar-refractivity contribution in [2.75, 3.05) is 4.90 Å². The molecule has 1 atom stereocenters. The average Bonchev–Trinajstić information content (AvgIpc) is 3.56. The van der Waals surface area contributed by atoms with Gasteiger partial charge >= 0.3 is 0 Å². The van der Waals surface area contributed by atoms with Crippen LogP contribution in [0.25, 0.3) is 33.4 Å². The second-order valence-electron chi connectivity index (χ2n) is 12.3. The van der Waals surface area contributed by atoms with E-state index in [1.165, 1.54) is 61.2 Å². The summed E-state index contributed by atoms with van der Waals surface area (Å²) >= 11 is 3.66. The maximum Gasteiger partial charge on any atom is 0.0726 e. The molecule has 0 aromatic heterocycles. The number of anilines is 3. The van der Waals surface area contributed by atoms with Gasteiger partial charge in [0, 0.05) is 21.5 Å². The molecule has 0 saturated carbocycles. The highest BCUT2D eigenvalue weighted by atomic mass is 79.9. The first-order valence-electron chi connectivity index (χ1n) is 15.8. The molecule has 218 valence electrons. The number of nitrogens with zero attached hydrogens (tertiary/aromatic N) is 1. The van der Waals surface area contributed by atoms with Crippen molar-refractivity contribution in [2.45, 2.75) is 12.3 Å². The molecule has 7 aromatic rings. The number of aryl methyl sites for hydroxylation is 1. The minimum Gasteiger partial charge on any atom is -0.310 e. The fourth-order valence-electron chi connectivity index (χ4n) is 7.85. The maximum absolute atomic E-state index is 3.66. The molecule has 0 amide bonds. The van der Waals surface area contributed by atoms with Gasteiger partial charge in [-0.25, -0.2) is 0 Å². The van der Waals surface area contributed by atoms with Gasteiger partial charge in [0.15, 0.2) is 0 Å². The molecule has 7 aromatic carbocycles. The highest BCUT2D eigenvalue weighted by molar-refractivity contribution is 9.10. The molecule has 2 aliphatic rings. The van der Waals surface area contributed by atoms with E-state index in [2.05, 4.69) is 192 Å². The first kappa shape index (κ1) is 27.2. The Morgan fingerprint density at radius 2 is 0.891 bits per heavy atom. The van der Waals surface area contributed by atoms with Gasteiger partial charge in [-0.15, -0.1) is 0 Å². The van der Waals surface area contributed by atoms with Crippen molar-refractivity contribution in [3.8, 4) is 33.4 Å². The predicted octanol–water partition coefficient (Wildman–Crippen LogP) is 12.2. The van der Waals surface area contributed by atoms with Crippen LogP contribution in [-0.2, 0) is 5.41 Å². The minimum atomic E-state index is -0.386. The van der Waals surface area contributed by atoms with Crippen LogP contribution in [0.4, 0.5) is 17.1 Å². The van der Waals surface area contributed by atoms with E-state index >= 15 is 0 Å². The van der Waals surface area contributed by atoms with Crippen LogP contribution in [0.3, 0.4) is 0 Å². The van der Waals surface area contributed by atoms with Crippen molar-refractivity contribution in [3.05, 3.63) is 196 Å². The van der Waals surface area contributed by atoms with E-state index in [1.54, 1.807) is 0 Å². The van der Waals surface area contributed by atoms with Crippen molar-refractivity contribution in [3.63, 3.8) is 0 Å². The van der Waals surface area contributed by atoms with Gasteiger partial charge in [-0.05, 0) is 111 Å². The van der Waals surface area contributed by atoms with Crippen LogP contribution in [0.1, 0.15) is 27.8 Å². The summed E-state index contributed by atoms with van der Waals surface area (Å²) < 4.78 is 1.06. The van der Waals surface area contributed by atoms with Crippen LogP contribution in [0.5, 0.6) is 0 Å². The summed E-state index contributed by atoms with van der Waals surface area (Å²) in [6.45, 7) is 2.21. The molecule has 0 heterocycles. The standard InChI is InChI=1S/C44H30BrN/c1-29-15-25-38-36-11-5-7-13-40(36)44(42(38)27-29)41-14-8-6-12-37(41)39-26-24-35(28-43(39)44)46(34-22-18-32(45)19-23-34)33-20-16-31(17-21-33)30-9-3-2-4-10-30/h2-28H,1H3. The Labute approximate surface area is 278 Å². The van der Waals surface area contributed by atoms with Gasteiger partial charge in [0.2, 0.25) is 0 Å². The van der Waals surface area contributed by atoms with E-state index in [0.717, 1.165) is 21.5 Å². The summed E-state index contributed by atoms with van der Waals surface area (Å²) in [4.78, 5) is 2.39. The van der Waals surface area contributed by atoms with Gasteiger partial charge in [-0.2, -0.15) is 0 Å². The Balaban J connectivity index is 1.29. The summed E-state index contributed by atoms with van der Waals surface area (Å²) in [5, 5.41) is 0. The molecule has 46 heavy (non-hydrogen) atoms. The van der Waals surface area contributed by atoms with E-state index in [-0.39, 0.29) is 5.41 Å². The third-order valence-corrected chi connectivity index (χ3v) is 10.3. The van der Waals surface area contributed by atoms with Gasteiger partial charge < -0.3 is 4.90 Å². The number of hydrogen-bond donors (Lipinski definition) is 0. The van der Waals surface area contributed by atoms with E-state index in [0.29, 0.717) is 0 Å². The molecule has 0 radical (unpaired) electrons. The Hall–Kier alpha value is -5.18. The largest absolute Gasteiger partial charge is 0.310 e. The van der Waals surface area contributed by atoms with Crippen LogP contribution in [0.15, 0.2) is 168 Å². The summed E-state index contributed by atoms with van der Waals surface area (Å²) in [5.41, 5.74) is 17.4. The van der Waals surface area contributed by atoms with Crippen LogP contribution in [0.2, 0.25) is 0 Å². The number of rotatable bonds is 4. The molecule has 1 nitrogen and oxygen atoms in total. The second-order valence-corrected chi connectivity index (χ2v) is 13.3. The Kier molecular flexibility index (Phi) is 6.16. The summed E-state index contributed by atoms with van der Waals surface area (Å²) in [6, 6.07) is 60.3. The number of hydrogen-bond acceptors (Lipinski definition) is 1. The van der Waals surface area contributed by atoms with Gasteiger partial charge in [-0.1, -0.05) is 137 Å². The summed E-state index contributed by atoms with van der Waals surface area (Å²) in [7, 11) is 0. The topological polar surface area (TPSA) is 3.24 Å². The van der Waals surface area contributed by atoms with Gasteiger partial charge in [0.25, 0.3) is 0 Å². The monoisotopic (exact) mass is 651 g/mol. The Bertz CT molecular complexity index is 2260. The summed E-state index contributed by atoms with van der Waals surface area (Å²) in [5.74, 6) is 0. The third-order valence-electron chi connectivity index (χ3n) is 9.80. The average molecular weight is 653 g/mol. The molecule has 0 aliphatic heterocycles. The zero-order chi connectivity index (χ0) is 30.8. The maximum atomic E-state index is 3.66. The van der Waals surface area contributed by atoms with E-state index in [4.69, 9.17) is 0 Å². The van der Waals surface area contributed by atoms with E-state index in [9.17, 15) is 0 Å². The highest BCUT2D eigenvalue weighted by Crippen LogP contribution is 2.63. The molecule has 0 saturated heterocycles. The zero-order valence-electron chi connectivity index (χ0n) is 25.4. The quantitative estimate of drug-likeness (QED) is 0.183. The van der Waals surface area contributed by atoms with Gasteiger partial charge in [0.1, 0.15) is 0 Å². The highest BCUT2D eigenvalue weighted by Gasteiger charge is 2.51. The fraction of sp³-hybridized carbons (Fsp3) is 0.0455. The summed E-state index contributed by atoms with van der Waals surface area (Å²) in [6.07, 6.45) is 0. The van der Waals surface area contributed by atoms with E-state index in [1.807, 2.05) is 0 Å². The van der Waals surface area contributed by atoms with Gasteiger partial charge in [-0.3, -0.25) is 0 Å². The fourth-order valence-corrected chi connectivity index (χ4v) is 8.12. The van der Waals surface area contributed by atoms with Crippen LogP contribution < -0.4 is 4.90 Å². The Morgan fingerprint density at radius 3 is 1.54 bits per heavy atom. The third kappa shape index (κ3) is 3.93. The lowest BCUT2D eigenvalue weighted by Crippen LogP contribution is -2.26.